The second-order valence-corrected chi connectivity index (χ2v) is 8.23. The molecule has 0 saturated heterocycles. The molecule has 0 bridgehead atoms. The summed E-state index contributed by atoms with van der Waals surface area (Å²) in [6, 6.07) is 16.5. The van der Waals surface area contributed by atoms with Crippen LogP contribution in [0.1, 0.15) is 30.0 Å². The highest BCUT2D eigenvalue weighted by molar-refractivity contribution is 5.82. The van der Waals surface area contributed by atoms with E-state index in [0.717, 1.165) is 16.9 Å². The van der Waals surface area contributed by atoms with Crippen molar-refractivity contribution in [2.45, 2.75) is 20.0 Å². The lowest BCUT2D eigenvalue weighted by atomic mass is 10.1. The number of nitriles is 1. The second-order valence-electron chi connectivity index (χ2n) is 8.23. The fraction of sp³-hybridized carbons (Fsp3) is 0.160. The van der Waals surface area contributed by atoms with Gasteiger partial charge in [-0.3, -0.25) is 9.36 Å². The Balaban J connectivity index is 1.56. The van der Waals surface area contributed by atoms with Crippen LogP contribution in [-0.4, -0.2) is 34.0 Å². The highest BCUT2D eigenvalue weighted by Gasteiger charge is 2.17. The molecule has 0 aliphatic rings. The van der Waals surface area contributed by atoms with Crippen LogP contribution in [0.15, 0.2) is 65.8 Å². The van der Waals surface area contributed by atoms with Crippen molar-refractivity contribution in [1.82, 2.24) is 28.9 Å². The second kappa shape index (κ2) is 8.55. The van der Waals surface area contributed by atoms with Crippen LogP contribution in [0.4, 0.5) is 11.4 Å². The van der Waals surface area contributed by atoms with Crippen LogP contribution in [0.2, 0.25) is 0 Å². The number of pyridine rings is 2. The van der Waals surface area contributed by atoms with E-state index in [-0.39, 0.29) is 11.3 Å². The number of anilines is 2. The van der Waals surface area contributed by atoms with E-state index in [4.69, 9.17) is 4.98 Å². The largest absolute Gasteiger partial charge is 0.389 e. The number of imidazole rings is 1. The molecule has 1 aromatic carbocycles. The Morgan fingerprint density at radius 2 is 2.00 bits per heavy atom. The number of aliphatic hydroxyl groups is 1. The van der Waals surface area contributed by atoms with Crippen molar-refractivity contribution >= 4 is 22.4 Å². The SMILES string of the molecule is Cc1cc(C#N)nn1-c1nc(-n2cnc3cc(Nc4cccn(C)c4=O)ccc32)ccc1C(C)O. The number of fused-ring (bicyclic) bond motifs is 1. The van der Waals surface area contributed by atoms with Crippen molar-refractivity contribution in [1.29, 1.82) is 5.26 Å². The summed E-state index contributed by atoms with van der Waals surface area (Å²) in [5, 5.41) is 27.0. The molecule has 10 heteroatoms. The molecule has 4 aromatic heterocycles. The summed E-state index contributed by atoms with van der Waals surface area (Å²) in [5.74, 6) is 1.02. The maximum absolute atomic E-state index is 12.3. The number of aliphatic hydroxyl groups excluding tert-OH is 1. The summed E-state index contributed by atoms with van der Waals surface area (Å²) in [6.07, 6.45) is 2.59. The van der Waals surface area contributed by atoms with Crippen molar-refractivity contribution in [3.05, 3.63) is 88.4 Å². The predicted octanol–water partition coefficient (Wildman–Crippen LogP) is 3.28. The molecule has 10 nitrogen and oxygen atoms in total. The Morgan fingerprint density at radius 1 is 1.17 bits per heavy atom. The number of nitrogens with zero attached hydrogens (tertiary/aromatic N) is 7. The van der Waals surface area contributed by atoms with Crippen LogP contribution < -0.4 is 10.9 Å². The molecule has 4 heterocycles. The molecule has 1 atom stereocenters. The molecular weight excluding hydrogens is 444 g/mol. The predicted molar refractivity (Wildman–Crippen MR) is 131 cm³/mol. The van der Waals surface area contributed by atoms with E-state index in [1.807, 2.05) is 35.8 Å². The average molecular weight is 467 g/mol. The van der Waals surface area contributed by atoms with Gasteiger partial charge in [-0.2, -0.15) is 10.4 Å². The highest BCUT2D eigenvalue weighted by Crippen LogP contribution is 2.26. The van der Waals surface area contributed by atoms with Gasteiger partial charge in [-0.05, 0) is 62.4 Å². The summed E-state index contributed by atoms with van der Waals surface area (Å²) >= 11 is 0. The van der Waals surface area contributed by atoms with Crippen LogP contribution in [0.25, 0.3) is 22.7 Å². The third-order valence-electron chi connectivity index (χ3n) is 5.74. The molecule has 0 aliphatic heterocycles. The summed E-state index contributed by atoms with van der Waals surface area (Å²) < 4.78 is 4.91. The Labute approximate surface area is 200 Å². The summed E-state index contributed by atoms with van der Waals surface area (Å²) in [6.45, 7) is 3.49. The highest BCUT2D eigenvalue weighted by atomic mass is 16.3. The maximum Gasteiger partial charge on any atom is 0.273 e. The Hall–Kier alpha value is -4.75. The van der Waals surface area contributed by atoms with Crippen LogP contribution in [0.3, 0.4) is 0 Å². The zero-order valence-electron chi connectivity index (χ0n) is 19.3. The molecule has 0 radical (unpaired) electrons. The van der Waals surface area contributed by atoms with Crippen LogP contribution in [-0.2, 0) is 7.05 Å². The Kier molecular flexibility index (Phi) is 5.39. The first kappa shape index (κ1) is 22.1. The van der Waals surface area contributed by atoms with Gasteiger partial charge in [0.15, 0.2) is 11.5 Å². The summed E-state index contributed by atoms with van der Waals surface area (Å²) in [4.78, 5) is 21.6. The van der Waals surface area contributed by atoms with Crippen molar-refractivity contribution in [3.8, 4) is 17.7 Å². The van der Waals surface area contributed by atoms with Crippen LogP contribution in [0.5, 0.6) is 0 Å². The van der Waals surface area contributed by atoms with Gasteiger partial charge in [-0.15, -0.1) is 0 Å². The lowest BCUT2D eigenvalue weighted by Crippen LogP contribution is -2.18. The van der Waals surface area contributed by atoms with E-state index < -0.39 is 6.10 Å². The first-order valence-electron chi connectivity index (χ1n) is 10.9. The molecule has 1 unspecified atom stereocenters. The number of hydrogen-bond donors (Lipinski definition) is 2. The monoisotopic (exact) mass is 466 g/mol. The molecular formula is C25H22N8O2. The number of nitrogens with one attached hydrogen (secondary N) is 1. The minimum absolute atomic E-state index is 0.124. The van der Waals surface area contributed by atoms with E-state index >= 15 is 0 Å². The third kappa shape index (κ3) is 3.94. The lowest BCUT2D eigenvalue weighted by molar-refractivity contribution is 0.198. The fourth-order valence-electron chi connectivity index (χ4n) is 3.94. The molecule has 0 fully saturated rings. The van der Waals surface area contributed by atoms with E-state index in [0.29, 0.717) is 28.4 Å². The van der Waals surface area contributed by atoms with Gasteiger partial charge in [0.1, 0.15) is 23.9 Å². The lowest BCUT2D eigenvalue weighted by Gasteiger charge is -2.14. The van der Waals surface area contributed by atoms with E-state index in [1.165, 1.54) is 4.57 Å². The van der Waals surface area contributed by atoms with Gasteiger partial charge >= 0.3 is 0 Å². The van der Waals surface area contributed by atoms with Gasteiger partial charge in [0.05, 0.1) is 17.1 Å². The maximum atomic E-state index is 12.3. The number of aromatic nitrogens is 6. The van der Waals surface area contributed by atoms with Crippen LogP contribution in [0, 0.1) is 18.3 Å². The summed E-state index contributed by atoms with van der Waals surface area (Å²) in [7, 11) is 1.70. The van der Waals surface area contributed by atoms with E-state index in [9.17, 15) is 15.2 Å². The van der Waals surface area contributed by atoms with Gasteiger partial charge in [0.25, 0.3) is 5.56 Å². The van der Waals surface area contributed by atoms with Crippen molar-refractivity contribution in [2.75, 3.05) is 5.32 Å². The molecule has 0 spiro atoms. The fourth-order valence-corrected chi connectivity index (χ4v) is 3.94. The molecule has 35 heavy (non-hydrogen) atoms. The van der Waals surface area contributed by atoms with Gasteiger partial charge in [-0.25, -0.2) is 14.6 Å². The first-order chi connectivity index (χ1) is 16.9. The molecule has 174 valence electrons. The molecule has 5 rings (SSSR count). The zero-order chi connectivity index (χ0) is 24.7. The number of hydrogen-bond acceptors (Lipinski definition) is 7. The minimum atomic E-state index is -0.778. The van der Waals surface area contributed by atoms with Crippen LogP contribution >= 0.6 is 0 Å². The van der Waals surface area contributed by atoms with Crippen molar-refractivity contribution in [2.24, 2.45) is 7.05 Å². The van der Waals surface area contributed by atoms with Gasteiger partial charge < -0.3 is 15.0 Å². The smallest absolute Gasteiger partial charge is 0.273 e. The number of aryl methyl sites for hydroxylation is 2. The number of benzene rings is 1. The average Bonchev–Trinajstić information content (AvgIpc) is 3.44. The normalized spacial score (nSPS) is 12.0. The minimum Gasteiger partial charge on any atom is -0.389 e. The number of rotatable bonds is 5. The van der Waals surface area contributed by atoms with Gasteiger partial charge in [0.2, 0.25) is 0 Å². The summed E-state index contributed by atoms with van der Waals surface area (Å²) in [5.41, 5.74) is 4.20. The van der Waals surface area contributed by atoms with E-state index in [2.05, 4.69) is 15.4 Å². The van der Waals surface area contributed by atoms with Gasteiger partial charge in [-0.1, -0.05) is 0 Å². The molecule has 0 saturated carbocycles. The molecule has 0 aliphatic carbocycles. The first-order valence-corrected chi connectivity index (χ1v) is 10.9. The zero-order valence-corrected chi connectivity index (χ0v) is 19.3. The Morgan fingerprint density at radius 3 is 2.74 bits per heavy atom. The van der Waals surface area contributed by atoms with Gasteiger partial charge in [0, 0.05) is 30.2 Å². The van der Waals surface area contributed by atoms with Crippen molar-refractivity contribution < 1.29 is 5.11 Å². The topological polar surface area (TPSA) is 127 Å². The third-order valence-corrected chi connectivity index (χ3v) is 5.74. The molecule has 2 N–H and O–H groups in total. The quantitative estimate of drug-likeness (QED) is 0.407. The van der Waals surface area contributed by atoms with Crippen molar-refractivity contribution in [3.63, 3.8) is 0 Å². The Bertz CT molecular complexity index is 1670. The van der Waals surface area contributed by atoms with E-state index in [1.54, 1.807) is 61.5 Å². The standard InChI is InChI=1S/C25H22N8O2/c1-15-11-18(13-26)30-33(15)24-19(16(2)34)7-9-23(29-24)32-14-27-21-12-17(6-8-22(21)32)28-20-5-4-10-31(3)25(20)35/h4-12,14,16,28,34H,1-3H3. The molecule has 0 amide bonds. The molecule has 5 aromatic rings.